The van der Waals surface area contributed by atoms with E-state index < -0.39 is 0 Å². The quantitative estimate of drug-likeness (QED) is 0.818. The van der Waals surface area contributed by atoms with Gasteiger partial charge < -0.3 is 9.64 Å². The number of hydrogen-bond acceptors (Lipinski definition) is 3. The predicted molar refractivity (Wildman–Crippen MR) is 69.4 cm³/mol. The monoisotopic (exact) mass is 248 g/mol. The molecular formula is C14H20N2O2. The van der Waals surface area contributed by atoms with Crippen LogP contribution in [0, 0.1) is 12.8 Å². The lowest BCUT2D eigenvalue weighted by atomic mass is 10.1. The van der Waals surface area contributed by atoms with Crippen LogP contribution in [0.5, 0.6) is 5.88 Å². The van der Waals surface area contributed by atoms with E-state index >= 15 is 0 Å². The third-order valence-corrected chi connectivity index (χ3v) is 2.93. The van der Waals surface area contributed by atoms with Crippen molar-refractivity contribution in [2.75, 3.05) is 13.1 Å². The van der Waals surface area contributed by atoms with E-state index in [4.69, 9.17) is 4.74 Å². The Labute approximate surface area is 108 Å². The molecule has 1 aliphatic rings. The number of amides is 1. The van der Waals surface area contributed by atoms with Crippen molar-refractivity contribution in [1.29, 1.82) is 0 Å². The van der Waals surface area contributed by atoms with E-state index in [1.807, 2.05) is 30.0 Å². The first-order valence-corrected chi connectivity index (χ1v) is 6.42. The van der Waals surface area contributed by atoms with Crippen molar-refractivity contribution in [3.05, 3.63) is 23.9 Å². The number of likely N-dealkylation sites (tertiary alicyclic amines) is 1. The van der Waals surface area contributed by atoms with Crippen molar-refractivity contribution in [1.82, 2.24) is 9.88 Å². The number of pyridine rings is 1. The van der Waals surface area contributed by atoms with Gasteiger partial charge in [0, 0.05) is 18.2 Å². The number of aromatic nitrogens is 1. The smallest absolute Gasteiger partial charge is 0.223 e. The lowest BCUT2D eigenvalue weighted by Crippen LogP contribution is -2.56. The molecule has 1 aromatic rings. The molecular weight excluding hydrogens is 228 g/mol. The average molecular weight is 248 g/mol. The number of rotatable bonds is 4. The number of carbonyl (C=O) groups is 1. The van der Waals surface area contributed by atoms with Crippen molar-refractivity contribution in [3.8, 4) is 5.88 Å². The minimum Gasteiger partial charge on any atom is -0.471 e. The molecule has 2 heterocycles. The van der Waals surface area contributed by atoms with E-state index in [0.29, 0.717) is 31.3 Å². The molecule has 98 valence electrons. The van der Waals surface area contributed by atoms with Crippen LogP contribution >= 0.6 is 0 Å². The number of aryl methyl sites for hydroxylation is 1. The molecule has 1 aromatic heterocycles. The molecule has 0 radical (unpaired) electrons. The number of nitrogens with zero attached hydrogens (tertiary/aromatic N) is 2. The van der Waals surface area contributed by atoms with Gasteiger partial charge in [0.2, 0.25) is 11.8 Å². The number of ether oxygens (including phenoxy) is 1. The molecule has 0 unspecified atom stereocenters. The molecule has 0 aromatic carbocycles. The summed E-state index contributed by atoms with van der Waals surface area (Å²) < 4.78 is 5.71. The highest BCUT2D eigenvalue weighted by atomic mass is 16.5. The fraction of sp³-hybridized carbons (Fsp3) is 0.571. The maximum Gasteiger partial charge on any atom is 0.223 e. The molecule has 0 atom stereocenters. The zero-order chi connectivity index (χ0) is 13.1. The number of hydrogen-bond donors (Lipinski definition) is 0. The Kier molecular flexibility index (Phi) is 3.84. The third-order valence-electron chi connectivity index (χ3n) is 2.93. The molecule has 0 N–H and O–H groups in total. The van der Waals surface area contributed by atoms with Crippen LogP contribution in [0.1, 0.15) is 26.0 Å². The molecule has 0 bridgehead atoms. The van der Waals surface area contributed by atoms with Gasteiger partial charge in [-0.05, 0) is 18.9 Å². The predicted octanol–water partition coefficient (Wildman–Crippen LogP) is 2.03. The third kappa shape index (κ3) is 3.22. The van der Waals surface area contributed by atoms with Crippen LogP contribution in [0.15, 0.2) is 18.2 Å². The second-order valence-corrected chi connectivity index (χ2v) is 5.25. The van der Waals surface area contributed by atoms with Crippen molar-refractivity contribution in [3.63, 3.8) is 0 Å². The topological polar surface area (TPSA) is 42.4 Å². The summed E-state index contributed by atoms with van der Waals surface area (Å²) in [5.41, 5.74) is 0.944. The second-order valence-electron chi connectivity index (χ2n) is 5.25. The van der Waals surface area contributed by atoms with E-state index in [2.05, 4.69) is 18.8 Å². The fourth-order valence-corrected chi connectivity index (χ4v) is 1.95. The van der Waals surface area contributed by atoms with Crippen LogP contribution in [0.3, 0.4) is 0 Å². The highest BCUT2D eigenvalue weighted by molar-refractivity contribution is 5.77. The fourth-order valence-electron chi connectivity index (χ4n) is 1.95. The van der Waals surface area contributed by atoms with Crippen molar-refractivity contribution in [2.45, 2.75) is 33.3 Å². The van der Waals surface area contributed by atoms with E-state index in [9.17, 15) is 4.79 Å². The summed E-state index contributed by atoms with van der Waals surface area (Å²) in [4.78, 5) is 17.9. The van der Waals surface area contributed by atoms with Gasteiger partial charge in [0.15, 0.2) is 0 Å². The maximum atomic E-state index is 11.7. The van der Waals surface area contributed by atoms with E-state index in [-0.39, 0.29) is 12.0 Å². The van der Waals surface area contributed by atoms with Crippen LogP contribution in [-0.2, 0) is 4.79 Å². The van der Waals surface area contributed by atoms with Crippen LogP contribution in [0.25, 0.3) is 0 Å². The molecule has 4 heteroatoms. The van der Waals surface area contributed by atoms with Crippen molar-refractivity contribution < 1.29 is 9.53 Å². The second kappa shape index (κ2) is 5.38. The van der Waals surface area contributed by atoms with Crippen LogP contribution < -0.4 is 4.74 Å². The van der Waals surface area contributed by atoms with E-state index in [1.54, 1.807) is 0 Å². The summed E-state index contributed by atoms with van der Waals surface area (Å²) in [7, 11) is 0. The molecule has 1 saturated heterocycles. The van der Waals surface area contributed by atoms with E-state index in [0.717, 1.165) is 5.69 Å². The Bertz CT molecular complexity index is 426. The van der Waals surface area contributed by atoms with Gasteiger partial charge in [-0.2, -0.15) is 0 Å². The maximum absolute atomic E-state index is 11.7. The van der Waals surface area contributed by atoms with Gasteiger partial charge in [-0.15, -0.1) is 0 Å². The average Bonchev–Trinajstić information content (AvgIpc) is 2.21. The molecule has 0 saturated carbocycles. The Morgan fingerprint density at radius 3 is 2.83 bits per heavy atom. The minimum absolute atomic E-state index is 0.0930. The summed E-state index contributed by atoms with van der Waals surface area (Å²) in [5.74, 6) is 1.29. The standard InChI is InChI=1S/C14H20N2O2/c1-10(2)7-14(17)16-8-12(9-16)18-13-6-4-5-11(3)15-13/h4-6,10,12H,7-9H2,1-3H3. The summed E-state index contributed by atoms with van der Waals surface area (Å²) in [6, 6.07) is 5.72. The van der Waals surface area contributed by atoms with Crippen LogP contribution in [0.2, 0.25) is 0 Å². The van der Waals surface area contributed by atoms with Crippen LogP contribution in [-0.4, -0.2) is 35.0 Å². The SMILES string of the molecule is Cc1cccc(OC2CN(C(=O)CC(C)C)C2)n1. The Balaban J connectivity index is 1.78. The first-order chi connectivity index (χ1) is 8.54. The van der Waals surface area contributed by atoms with Gasteiger partial charge in [0.05, 0.1) is 13.1 Å². The van der Waals surface area contributed by atoms with Crippen molar-refractivity contribution in [2.24, 2.45) is 5.92 Å². The highest BCUT2D eigenvalue weighted by Gasteiger charge is 2.32. The summed E-state index contributed by atoms with van der Waals surface area (Å²) in [6.07, 6.45) is 0.713. The first-order valence-electron chi connectivity index (χ1n) is 6.42. The molecule has 0 spiro atoms. The molecule has 1 fully saturated rings. The summed E-state index contributed by atoms with van der Waals surface area (Å²) in [6.45, 7) is 7.42. The van der Waals surface area contributed by atoms with Gasteiger partial charge in [-0.3, -0.25) is 4.79 Å². The molecule has 4 nitrogen and oxygen atoms in total. The zero-order valence-electron chi connectivity index (χ0n) is 11.2. The molecule has 2 rings (SSSR count). The van der Waals surface area contributed by atoms with Crippen LogP contribution in [0.4, 0.5) is 0 Å². The first kappa shape index (κ1) is 12.9. The van der Waals surface area contributed by atoms with E-state index in [1.165, 1.54) is 0 Å². The molecule has 0 aliphatic carbocycles. The van der Waals surface area contributed by atoms with Gasteiger partial charge in [0.25, 0.3) is 0 Å². The lowest BCUT2D eigenvalue weighted by Gasteiger charge is -2.39. The van der Waals surface area contributed by atoms with Crippen molar-refractivity contribution >= 4 is 5.91 Å². The Hall–Kier alpha value is -1.58. The highest BCUT2D eigenvalue weighted by Crippen LogP contribution is 2.18. The normalized spacial score (nSPS) is 15.7. The zero-order valence-corrected chi connectivity index (χ0v) is 11.2. The molecule has 1 amide bonds. The summed E-state index contributed by atoms with van der Waals surface area (Å²) >= 11 is 0. The van der Waals surface area contributed by atoms with Gasteiger partial charge in [-0.25, -0.2) is 4.98 Å². The molecule has 18 heavy (non-hydrogen) atoms. The largest absolute Gasteiger partial charge is 0.471 e. The lowest BCUT2D eigenvalue weighted by molar-refractivity contribution is -0.140. The van der Waals surface area contributed by atoms with Gasteiger partial charge in [-0.1, -0.05) is 19.9 Å². The van der Waals surface area contributed by atoms with Gasteiger partial charge >= 0.3 is 0 Å². The van der Waals surface area contributed by atoms with Gasteiger partial charge in [0.1, 0.15) is 6.10 Å². The summed E-state index contributed by atoms with van der Waals surface area (Å²) in [5, 5.41) is 0. The Morgan fingerprint density at radius 1 is 1.50 bits per heavy atom. The Morgan fingerprint density at radius 2 is 2.22 bits per heavy atom. The number of carbonyl (C=O) groups excluding carboxylic acids is 1. The minimum atomic E-state index is 0.0930. The molecule has 1 aliphatic heterocycles.